The number of hydrogen-bond donors (Lipinski definition) is 1. The molecule has 2 aromatic carbocycles. The smallest absolute Gasteiger partial charge is 0.252 e. The lowest BCUT2D eigenvalue weighted by Gasteiger charge is -2.10. The third-order valence-electron chi connectivity index (χ3n) is 3.88. The lowest BCUT2D eigenvalue weighted by Crippen LogP contribution is -2.23. The van der Waals surface area contributed by atoms with E-state index in [1.165, 1.54) is 5.56 Å². The Morgan fingerprint density at radius 1 is 1.12 bits per heavy atom. The summed E-state index contributed by atoms with van der Waals surface area (Å²) >= 11 is 1.57. The molecule has 3 rings (SSSR count). The fourth-order valence-corrected chi connectivity index (χ4v) is 3.42. The second-order valence-electron chi connectivity index (χ2n) is 5.83. The zero-order chi connectivity index (χ0) is 17.6. The van der Waals surface area contributed by atoms with E-state index >= 15 is 0 Å². The van der Waals surface area contributed by atoms with Crippen LogP contribution in [0.15, 0.2) is 64.0 Å². The van der Waals surface area contributed by atoms with Crippen LogP contribution in [0.2, 0.25) is 0 Å². The average Bonchev–Trinajstić information content (AvgIpc) is 3.04. The summed E-state index contributed by atoms with van der Waals surface area (Å²) in [6, 6.07) is 17.6. The number of thioether (sulfide) groups is 1. The van der Waals surface area contributed by atoms with Crippen molar-refractivity contribution < 1.29 is 9.32 Å². The molecule has 1 aromatic heterocycles. The number of aromatic nitrogens is 1. The minimum atomic E-state index is -0.0693. The normalized spacial score (nSPS) is 10.6. The third-order valence-corrected chi connectivity index (χ3v) is 4.97. The van der Waals surface area contributed by atoms with Crippen LogP contribution in [0.4, 0.5) is 0 Å². The number of aryl methyl sites for hydroxylation is 2. The Kier molecular flexibility index (Phi) is 5.56. The first-order valence-electron chi connectivity index (χ1n) is 8.10. The highest BCUT2D eigenvalue weighted by atomic mass is 32.2. The van der Waals surface area contributed by atoms with E-state index in [0.29, 0.717) is 17.9 Å². The molecule has 1 heterocycles. The van der Waals surface area contributed by atoms with Crippen LogP contribution in [0.5, 0.6) is 0 Å². The highest BCUT2D eigenvalue weighted by Gasteiger charge is 2.12. The molecule has 1 N–H and O–H groups in total. The molecule has 0 saturated heterocycles. The van der Waals surface area contributed by atoms with E-state index < -0.39 is 0 Å². The van der Waals surface area contributed by atoms with Gasteiger partial charge in [-0.15, -0.1) is 11.8 Å². The molecule has 4 nitrogen and oxygen atoms in total. The topological polar surface area (TPSA) is 55.1 Å². The van der Waals surface area contributed by atoms with Gasteiger partial charge in [0.25, 0.3) is 5.91 Å². The van der Waals surface area contributed by atoms with Crippen LogP contribution in [-0.4, -0.2) is 11.1 Å². The van der Waals surface area contributed by atoms with Gasteiger partial charge >= 0.3 is 0 Å². The zero-order valence-corrected chi connectivity index (χ0v) is 15.1. The molecule has 0 fully saturated rings. The van der Waals surface area contributed by atoms with Crippen molar-refractivity contribution in [2.75, 3.05) is 0 Å². The summed E-state index contributed by atoms with van der Waals surface area (Å²) in [6.45, 7) is 4.46. The summed E-state index contributed by atoms with van der Waals surface area (Å²) in [5.74, 6) is 1.38. The predicted octanol–water partition coefficient (Wildman–Crippen LogP) is 4.51. The second-order valence-corrected chi connectivity index (χ2v) is 6.85. The van der Waals surface area contributed by atoms with E-state index in [2.05, 4.69) is 10.5 Å². The minimum Gasteiger partial charge on any atom is -0.360 e. The number of hydrogen-bond acceptors (Lipinski definition) is 4. The van der Waals surface area contributed by atoms with Crippen LogP contribution in [0.3, 0.4) is 0 Å². The van der Waals surface area contributed by atoms with Gasteiger partial charge in [0, 0.05) is 17.5 Å². The average molecular weight is 352 g/mol. The maximum atomic E-state index is 12.6. The number of amides is 1. The summed E-state index contributed by atoms with van der Waals surface area (Å²) < 4.78 is 5.23. The lowest BCUT2D eigenvalue weighted by molar-refractivity contribution is 0.0948. The van der Waals surface area contributed by atoms with Gasteiger partial charge in [-0.3, -0.25) is 4.79 Å². The van der Waals surface area contributed by atoms with Gasteiger partial charge in [-0.05, 0) is 37.1 Å². The Morgan fingerprint density at radius 3 is 2.64 bits per heavy atom. The molecule has 0 aliphatic carbocycles. The second kappa shape index (κ2) is 8.03. The van der Waals surface area contributed by atoms with Crippen LogP contribution in [0.1, 0.15) is 32.9 Å². The number of benzene rings is 2. The maximum absolute atomic E-state index is 12.6. The van der Waals surface area contributed by atoms with Crippen molar-refractivity contribution in [2.45, 2.75) is 31.0 Å². The SMILES string of the molecule is Cc1cc(CSc2ccccc2C(=O)NCc2ccccc2C)on1. The van der Waals surface area contributed by atoms with Crippen molar-refractivity contribution in [2.24, 2.45) is 0 Å². The quantitative estimate of drug-likeness (QED) is 0.663. The molecule has 3 aromatic rings. The molecule has 0 unspecified atom stereocenters. The van der Waals surface area contributed by atoms with Gasteiger partial charge in [-0.25, -0.2) is 0 Å². The van der Waals surface area contributed by atoms with Gasteiger partial charge in [-0.2, -0.15) is 0 Å². The highest BCUT2D eigenvalue weighted by Crippen LogP contribution is 2.26. The van der Waals surface area contributed by atoms with E-state index in [-0.39, 0.29) is 5.91 Å². The third kappa shape index (κ3) is 4.51. The van der Waals surface area contributed by atoms with Gasteiger partial charge in [0.2, 0.25) is 0 Å². The molecule has 0 spiro atoms. The standard InChI is InChI=1S/C20H20N2O2S/c1-14-7-3-4-8-16(14)12-21-20(23)18-9-5-6-10-19(18)25-13-17-11-15(2)22-24-17/h3-11H,12-13H2,1-2H3,(H,21,23). The van der Waals surface area contributed by atoms with Gasteiger partial charge < -0.3 is 9.84 Å². The van der Waals surface area contributed by atoms with Crippen LogP contribution in [0.25, 0.3) is 0 Å². The van der Waals surface area contributed by atoms with Gasteiger partial charge in [0.05, 0.1) is 17.0 Å². The fourth-order valence-electron chi connectivity index (χ4n) is 2.49. The monoisotopic (exact) mass is 352 g/mol. The van der Waals surface area contributed by atoms with Crippen LogP contribution in [0, 0.1) is 13.8 Å². The molecule has 0 aliphatic heterocycles. The van der Waals surface area contributed by atoms with Crippen molar-refractivity contribution >= 4 is 17.7 Å². The fraction of sp³-hybridized carbons (Fsp3) is 0.200. The summed E-state index contributed by atoms with van der Waals surface area (Å²) in [7, 11) is 0. The van der Waals surface area contributed by atoms with E-state index in [1.54, 1.807) is 11.8 Å². The molecule has 0 bridgehead atoms. The molecule has 0 saturated carbocycles. The van der Waals surface area contributed by atoms with Crippen LogP contribution < -0.4 is 5.32 Å². The van der Waals surface area contributed by atoms with Crippen molar-refractivity contribution in [3.63, 3.8) is 0 Å². The first-order valence-corrected chi connectivity index (χ1v) is 9.09. The number of nitrogens with zero attached hydrogens (tertiary/aromatic N) is 1. The highest BCUT2D eigenvalue weighted by molar-refractivity contribution is 7.98. The zero-order valence-electron chi connectivity index (χ0n) is 14.3. The molecule has 0 atom stereocenters. The molecule has 0 aliphatic rings. The van der Waals surface area contributed by atoms with E-state index in [9.17, 15) is 4.79 Å². The van der Waals surface area contributed by atoms with Crippen molar-refractivity contribution in [3.05, 3.63) is 82.7 Å². The molecule has 0 radical (unpaired) electrons. The van der Waals surface area contributed by atoms with E-state index in [1.807, 2.05) is 68.4 Å². The predicted molar refractivity (Wildman–Crippen MR) is 99.6 cm³/mol. The molecule has 25 heavy (non-hydrogen) atoms. The Hall–Kier alpha value is -2.53. The van der Waals surface area contributed by atoms with Crippen molar-refractivity contribution in [1.29, 1.82) is 0 Å². The number of carbonyl (C=O) groups is 1. The summed E-state index contributed by atoms with van der Waals surface area (Å²) in [4.78, 5) is 13.5. The number of nitrogens with one attached hydrogen (secondary N) is 1. The lowest BCUT2D eigenvalue weighted by atomic mass is 10.1. The van der Waals surface area contributed by atoms with E-state index in [4.69, 9.17) is 4.52 Å². The van der Waals surface area contributed by atoms with Gasteiger partial charge in [0.15, 0.2) is 0 Å². The van der Waals surface area contributed by atoms with Gasteiger partial charge in [-0.1, -0.05) is 41.6 Å². The van der Waals surface area contributed by atoms with Crippen molar-refractivity contribution in [1.82, 2.24) is 10.5 Å². The maximum Gasteiger partial charge on any atom is 0.252 e. The molecular weight excluding hydrogens is 332 g/mol. The minimum absolute atomic E-state index is 0.0693. The van der Waals surface area contributed by atoms with E-state index in [0.717, 1.165) is 21.9 Å². The first kappa shape index (κ1) is 17.3. The summed E-state index contributed by atoms with van der Waals surface area (Å²) in [5.41, 5.74) is 3.83. The Morgan fingerprint density at radius 2 is 1.88 bits per heavy atom. The molecular formula is C20H20N2O2S. The van der Waals surface area contributed by atoms with Crippen LogP contribution in [-0.2, 0) is 12.3 Å². The number of rotatable bonds is 6. The molecule has 128 valence electrons. The summed E-state index contributed by atoms with van der Waals surface area (Å²) in [5, 5.41) is 6.90. The first-order chi connectivity index (χ1) is 12.1. The Bertz CT molecular complexity index is 873. The largest absolute Gasteiger partial charge is 0.360 e. The van der Waals surface area contributed by atoms with Gasteiger partial charge in [0.1, 0.15) is 5.76 Å². The Labute approximate surface area is 151 Å². The van der Waals surface area contributed by atoms with Crippen molar-refractivity contribution in [3.8, 4) is 0 Å². The summed E-state index contributed by atoms with van der Waals surface area (Å²) in [6.07, 6.45) is 0. The molecule has 5 heteroatoms. The number of carbonyl (C=O) groups excluding carboxylic acids is 1. The Balaban J connectivity index is 1.67. The molecule has 1 amide bonds. The van der Waals surface area contributed by atoms with Crippen LogP contribution >= 0.6 is 11.8 Å².